The number of piperidine rings is 1. The van der Waals surface area contributed by atoms with E-state index < -0.39 is 0 Å². The fourth-order valence-corrected chi connectivity index (χ4v) is 4.98. The lowest BCUT2D eigenvalue weighted by Crippen LogP contribution is -2.38. The topological polar surface area (TPSA) is 58.1 Å². The third-order valence-corrected chi connectivity index (χ3v) is 6.74. The Balaban J connectivity index is 1.56. The molecule has 0 atom stereocenters. The molecule has 0 aliphatic carbocycles. The lowest BCUT2D eigenvalue weighted by atomic mass is 9.96. The number of carbonyl (C=O) groups is 1. The predicted octanol–water partition coefficient (Wildman–Crippen LogP) is 4.28. The van der Waals surface area contributed by atoms with Gasteiger partial charge in [-0.3, -0.25) is 4.79 Å². The fraction of sp³-hybridized carbons (Fsp3) is 0.611. The summed E-state index contributed by atoms with van der Waals surface area (Å²) in [7, 11) is 0. The second-order valence-corrected chi connectivity index (χ2v) is 8.43. The van der Waals surface area contributed by atoms with Crippen molar-refractivity contribution in [3.05, 3.63) is 21.6 Å². The number of carbonyl (C=O) groups excluding carboxylic acids is 1. The van der Waals surface area contributed by atoms with Crippen LogP contribution in [0.1, 0.15) is 49.4 Å². The zero-order valence-corrected chi connectivity index (χ0v) is 16.8. The highest BCUT2D eigenvalue weighted by Gasteiger charge is 2.27. The van der Waals surface area contributed by atoms with Gasteiger partial charge in [-0.1, -0.05) is 20.3 Å². The standard InChI is InChI=1S/C18H26N4OS2/c1-4-6-14-15(5-2)25-17(20-14)21-16(23)13-7-9-22(10-8-13)18-19-12(3)11-24-18/h11,13H,4-10H2,1-3H3,(H,20,21,23). The van der Waals surface area contributed by atoms with Gasteiger partial charge in [-0.05, 0) is 32.6 Å². The second kappa shape index (κ2) is 8.27. The highest BCUT2D eigenvalue weighted by molar-refractivity contribution is 7.15. The Morgan fingerprint density at radius 1 is 1.32 bits per heavy atom. The molecule has 0 radical (unpaired) electrons. The van der Waals surface area contributed by atoms with Crippen LogP contribution in [0.5, 0.6) is 0 Å². The number of amides is 1. The molecule has 0 saturated carbocycles. The van der Waals surface area contributed by atoms with Crippen molar-refractivity contribution in [1.82, 2.24) is 9.97 Å². The van der Waals surface area contributed by atoms with Gasteiger partial charge in [0, 0.05) is 29.3 Å². The fourth-order valence-electron chi connectivity index (χ4n) is 3.17. The van der Waals surface area contributed by atoms with Gasteiger partial charge in [0.25, 0.3) is 0 Å². The normalized spacial score (nSPS) is 15.6. The molecular formula is C18H26N4OS2. The molecule has 3 heterocycles. The Hall–Kier alpha value is -1.47. The van der Waals surface area contributed by atoms with Crippen molar-refractivity contribution in [3.8, 4) is 0 Å². The molecule has 0 unspecified atom stereocenters. The predicted molar refractivity (Wildman–Crippen MR) is 106 cm³/mol. The first-order valence-corrected chi connectivity index (χ1v) is 10.8. The summed E-state index contributed by atoms with van der Waals surface area (Å²) >= 11 is 3.32. The number of hydrogen-bond acceptors (Lipinski definition) is 6. The van der Waals surface area contributed by atoms with Crippen molar-refractivity contribution in [1.29, 1.82) is 0 Å². The first-order chi connectivity index (χ1) is 12.1. The molecule has 1 amide bonds. The van der Waals surface area contributed by atoms with Gasteiger partial charge < -0.3 is 10.2 Å². The Kier molecular flexibility index (Phi) is 6.06. The molecule has 1 aliphatic heterocycles. The number of anilines is 2. The first kappa shape index (κ1) is 18.3. The Morgan fingerprint density at radius 3 is 2.68 bits per heavy atom. The molecule has 1 saturated heterocycles. The zero-order valence-electron chi connectivity index (χ0n) is 15.2. The van der Waals surface area contributed by atoms with Crippen LogP contribution in [-0.4, -0.2) is 29.0 Å². The van der Waals surface area contributed by atoms with E-state index in [2.05, 4.69) is 39.4 Å². The Morgan fingerprint density at radius 2 is 2.08 bits per heavy atom. The van der Waals surface area contributed by atoms with E-state index in [1.807, 2.05) is 6.92 Å². The van der Waals surface area contributed by atoms with Gasteiger partial charge in [-0.15, -0.1) is 22.7 Å². The van der Waals surface area contributed by atoms with Gasteiger partial charge in [-0.25, -0.2) is 9.97 Å². The second-order valence-electron chi connectivity index (χ2n) is 6.51. The van der Waals surface area contributed by atoms with Gasteiger partial charge in [0.2, 0.25) is 5.91 Å². The van der Waals surface area contributed by atoms with E-state index in [1.54, 1.807) is 22.7 Å². The van der Waals surface area contributed by atoms with Crippen molar-refractivity contribution in [2.24, 2.45) is 5.92 Å². The van der Waals surface area contributed by atoms with Crippen LogP contribution in [0.15, 0.2) is 5.38 Å². The maximum absolute atomic E-state index is 12.6. The quantitative estimate of drug-likeness (QED) is 0.815. The molecule has 136 valence electrons. The maximum Gasteiger partial charge on any atom is 0.229 e. The van der Waals surface area contributed by atoms with Gasteiger partial charge in [0.1, 0.15) is 0 Å². The largest absolute Gasteiger partial charge is 0.348 e. The van der Waals surface area contributed by atoms with Crippen LogP contribution < -0.4 is 10.2 Å². The number of thiazole rings is 2. The van der Waals surface area contributed by atoms with E-state index in [1.165, 1.54) is 4.88 Å². The summed E-state index contributed by atoms with van der Waals surface area (Å²) in [4.78, 5) is 25.4. The molecule has 1 N–H and O–H groups in total. The summed E-state index contributed by atoms with van der Waals surface area (Å²) in [5.74, 6) is 0.190. The third-order valence-electron chi connectivity index (χ3n) is 4.56. The van der Waals surface area contributed by atoms with Crippen LogP contribution in [0.3, 0.4) is 0 Å². The van der Waals surface area contributed by atoms with Crippen molar-refractivity contribution >= 4 is 38.8 Å². The van der Waals surface area contributed by atoms with Crippen LogP contribution in [0.25, 0.3) is 0 Å². The van der Waals surface area contributed by atoms with Crippen molar-refractivity contribution in [2.75, 3.05) is 23.3 Å². The summed E-state index contributed by atoms with van der Waals surface area (Å²) in [6.45, 7) is 8.11. The van der Waals surface area contributed by atoms with Crippen molar-refractivity contribution < 1.29 is 4.79 Å². The lowest BCUT2D eigenvalue weighted by Gasteiger charge is -2.30. The molecule has 2 aromatic rings. The van der Waals surface area contributed by atoms with Crippen molar-refractivity contribution in [3.63, 3.8) is 0 Å². The first-order valence-electron chi connectivity index (χ1n) is 9.07. The molecular weight excluding hydrogens is 352 g/mol. The van der Waals surface area contributed by atoms with Gasteiger partial charge >= 0.3 is 0 Å². The summed E-state index contributed by atoms with van der Waals surface area (Å²) in [5.41, 5.74) is 2.22. The molecule has 1 fully saturated rings. The van der Waals surface area contributed by atoms with Crippen molar-refractivity contribution in [2.45, 2.75) is 52.9 Å². The van der Waals surface area contributed by atoms with E-state index >= 15 is 0 Å². The average molecular weight is 379 g/mol. The van der Waals surface area contributed by atoms with Gasteiger partial charge in [0.15, 0.2) is 10.3 Å². The molecule has 0 bridgehead atoms. The Bertz CT molecular complexity index is 716. The van der Waals surface area contributed by atoms with Crippen LogP contribution in [0, 0.1) is 12.8 Å². The van der Waals surface area contributed by atoms with E-state index in [4.69, 9.17) is 0 Å². The molecule has 3 rings (SSSR count). The van der Waals surface area contributed by atoms with Gasteiger partial charge in [-0.2, -0.15) is 0 Å². The monoisotopic (exact) mass is 378 g/mol. The minimum absolute atomic E-state index is 0.0703. The number of nitrogens with zero attached hydrogens (tertiary/aromatic N) is 3. The summed E-state index contributed by atoms with van der Waals surface area (Å²) < 4.78 is 0. The highest BCUT2D eigenvalue weighted by atomic mass is 32.1. The maximum atomic E-state index is 12.6. The lowest BCUT2D eigenvalue weighted by molar-refractivity contribution is -0.120. The minimum Gasteiger partial charge on any atom is -0.348 e. The van der Waals surface area contributed by atoms with Crippen LogP contribution >= 0.6 is 22.7 Å². The molecule has 25 heavy (non-hydrogen) atoms. The van der Waals surface area contributed by atoms with Crippen LogP contribution in [-0.2, 0) is 17.6 Å². The summed E-state index contributed by atoms with van der Waals surface area (Å²) in [5, 5.41) is 6.98. The summed E-state index contributed by atoms with van der Waals surface area (Å²) in [6.07, 6.45) is 4.80. The summed E-state index contributed by atoms with van der Waals surface area (Å²) in [6, 6.07) is 0. The van der Waals surface area contributed by atoms with Crippen LogP contribution in [0.4, 0.5) is 10.3 Å². The molecule has 5 nitrogen and oxygen atoms in total. The molecule has 0 aromatic carbocycles. The molecule has 2 aromatic heterocycles. The third kappa shape index (κ3) is 4.39. The van der Waals surface area contributed by atoms with Crippen LogP contribution in [0.2, 0.25) is 0 Å². The van der Waals surface area contributed by atoms with E-state index in [-0.39, 0.29) is 11.8 Å². The van der Waals surface area contributed by atoms with E-state index in [0.29, 0.717) is 0 Å². The van der Waals surface area contributed by atoms with Gasteiger partial charge in [0.05, 0.1) is 11.4 Å². The Labute approximate surface area is 157 Å². The number of nitrogens with one attached hydrogen (secondary N) is 1. The smallest absolute Gasteiger partial charge is 0.229 e. The zero-order chi connectivity index (χ0) is 17.8. The average Bonchev–Trinajstić information content (AvgIpc) is 3.21. The number of rotatable bonds is 6. The minimum atomic E-state index is 0.0703. The molecule has 0 spiro atoms. The molecule has 7 heteroatoms. The van der Waals surface area contributed by atoms with E-state index in [0.717, 1.165) is 66.8 Å². The number of aryl methyl sites for hydroxylation is 3. The number of aromatic nitrogens is 2. The highest BCUT2D eigenvalue weighted by Crippen LogP contribution is 2.28. The SMILES string of the molecule is CCCc1nc(NC(=O)C2CCN(c3nc(C)cs3)CC2)sc1CC. The number of hydrogen-bond donors (Lipinski definition) is 1. The van der Waals surface area contributed by atoms with E-state index in [9.17, 15) is 4.79 Å². The molecule has 1 aliphatic rings.